The Balaban J connectivity index is 1.71. The summed E-state index contributed by atoms with van der Waals surface area (Å²) in [6.07, 6.45) is 9.47. The van der Waals surface area contributed by atoms with Gasteiger partial charge in [-0.2, -0.15) is 0 Å². The Kier molecular flexibility index (Phi) is 4.22. The maximum absolute atomic E-state index is 11.8. The van der Waals surface area contributed by atoms with E-state index in [2.05, 4.69) is 5.32 Å². The number of carbonyl (C=O) groups excluding carboxylic acids is 1. The van der Waals surface area contributed by atoms with Crippen molar-refractivity contribution in [2.45, 2.75) is 57.4 Å². The van der Waals surface area contributed by atoms with Crippen LogP contribution in [0.15, 0.2) is 0 Å². The van der Waals surface area contributed by atoms with E-state index in [1.165, 1.54) is 32.1 Å². The third kappa shape index (κ3) is 2.97. The number of hydrogen-bond acceptors (Lipinski definition) is 2. The Bertz CT molecular complexity index is 236. The molecule has 92 valence electrons. The van der Waals surface area contributed by atoms with E-state index < -0.39 is 0 Å². The summed E-state index contributed by atoms with van der Waals surface area (Å²) in [4.78, 5) is 11.8. The lowest BCUT2D eigenvalue weighted by Crippen LogP contribution is -2.42. The zero-order chi connectivity index (χ0) is 11.4. The fourth-order valence-corrected chi connectivity index (χ4v) is 3.05. The molecule has 2 saturated carbocycles. The minimum atomic E-state index is 0.273. The average molecular weight is 224 g/mol. The summed E-state index contributed by atoms with van der Waals surface area (Å²) >= 11 is 0. The molecule has 16 heavy (non-hydrogen) atoms. The van der Waals surface area contributed by atoms with Crippen LogP contribution in [0.4, 0.5) is 0 Å². The second kappa shape index (κ2) is 5.67. The number of amides is 1. The first-order valence-electron chi connectivity index (χ1n) is 6.80. The van der Waals surface area contributed by atoms with Crippen molar-refractivity contribution in [3.8, 4) is 0 Å². The molecule has 0 aromatic carbocycles. The molecule has 2 rings (SSSR count). The highest BCUT2D eigenvalue weighted by molar-refractivity contribution is 5.78. The summed E-state index contributed by atoms with van der Waals surface area (Å²) in [5, 5.41) is 3.11. The molecule has 2 aliphatic carbocycles. The first-order chi connectivity index (χ1) is 7.77. The van der Waals surface area contributed by atoms with E-state index in [1.807, 2.05) is 0 Å². The van der Waals surface area contributed by atoms with Gasteiger partial charge in [-0.15, -0.1) is 0 Å². The highest BCUT2D eigenvalue weighted by atomic mass is 16.1. The Hall–Kier alpha value is -0.570. The van der Waals surface area contributed by atoms with Crippen LogP contribution in [-0.4, -0.2) is 18.5 Å². The molecule has 2 fully saturated rings. The van der Waals surface area contributed by atoms with Crippen molar-refractivity contribution < 1.29 is 4.79 Å². The van der Waals surface area contributed by atoms with Crippen LogP contribution in [0.2, 0.25) is 0 Å². The molecule has 2 aliphatic rings. The first-order valence-corrected chi connectivity index (χ1v) is 6.80. The Morgan fingerprint density at radius 2 is 1.69 bits per heavy atom. The lowest BCUT2D eigenvalue weighted by atomic mass is 9.85. The normalized spacial score (nSPS) is 31.6. The lowest BCUT2D eigenvalue weighted by molar-refractivity contribution is -0.125. The van der Waals surface area contributed by atoms with Gasteiger partial charge in [-0.05, 0) is 31.6 Å². The van der Waals surface area contributed by atoms with Gasteiger partial charge in [-0.3, -0.25) is 4.79 Å². The molecule has 0 aromatic heterocycles. The summed E-state index contributed by atoms with van der Waals surface area (Å²) < 4.78 is 0. The molecule has 2 atom stereocenters. The van der Waals surface area contributed by atoms with E-state index in [1.54, 1.807) is 0 Å². The van der Waals surface area contributed by atoms with Gasteiger partial charge in [-0.25, -0.2) is 0 Å². The smallest absolute Gasteiger partial charge is 0.223 e. The summed E-state index contributed by atoms with van der Waals surface area (Å²) in [6, 6.07) is 0.303. The van der Waals surface area contributed by atoms with Gasteiger partial charge in [0.05, 0.1) is 0 Å². The molecule has 0 spiro atoms. The highest BCUT2D eigenvalue weighted by Crippen LogP contribution is 2.25. The zero-order valence-electron chi connectivity index (χ0n) is 10.1. The van der Waals surface area contributed by atoms with Gasteiger partial charge < -0.3 is 11.1 Å². The number of nitrogens with one attached hydrogen (secondary N) is 1. The monoisotopic (exact) mass is 224 g/mol. The summed E-state index contributed by atoms with van der Waals surface area (Å²) in [5.41, 5.74) is 6.07. The van der Waals surface area contributed by atoms with Gasteiger partial charge in [-0.1, -0.05) is 25.7 Å². The van der Waals surface area contributed by atoms with Gasteiger partial charge in [0.1, 0.15) is 0 Å². The molecule has 2 unspecified atom stereocenters. The molecule has 1 amide bonds. The summed E-state index contributed by atoms with van der Waals surface area (Å²) in [6.45, 7) is 0.802. The number of rotatable bonds is 3. The van der Waals surface area contributed by atoms with Gasteiger partial charge in [0.25, 0.3) is 0 Å². The molecular weight excluding hydrogens is 200 g/mol. The quantitative estimate of drug-likeness (QED) is 0.768. The van der Waals surface area contributed by atoms with Crippen LogP contribution in [0.5, 0.6) is 0 Å². The SMILES string of the molecule is NC1CCCCC1CNC(=O)C1CCCC1. The average Bonchev–Trinajstić information content (AvgIpc) is 2.81. The Morgan fingerprint density at radius 3 is 2.38 bits per heavy atom. The van der Waals surface area contributed by atoms with Gasteiger partial charge in [0.2, 0.25) is 5.91 Å². The number of nitrogens with two attached hydrogens (primary N) is 1. The van der Waals surface area contributed by atoms with Crippen molar-refractivity contribution in [1.82, 2.24) is 5.32 Å². The fraction of sp³-hybridized carbons (Fsp3) is 0.923. The molecule has 3 N–H and O–H groups in total. The maximum Gasteiger partial charge on any atom is 0.223 e. The zero-order valence-corrected chi connectivity index (χ0v) is 10.1. The second-order valence-electron chi connectivity index (χ2n) is 5.43. The van der Waals surface area contributed by atoms with E-state index in [0.717, 1.165) is 25.8 Å². The molecule has 0 radical (unpaired) electrons. The summed E-state index contributed by atoms with van der Waals surface area (Å²) in [7, 11) is 0. The van der Waals surface area contributed by atoms with Crippen LogP contribution >= 0.6 is 0 Å². The standard InChI is InChI=1S/C13H24N2O/c14-12-8-4-3-7-11(12)9-15-13(16)10-5-1-2-6-10/h10-12H,1-9,14H2,(H,15,16). The lowest BCUT2D eigenvalue weighted by Gasteiger charge is -2.29. The van der Waals surface area contributed by atoms with Crippen LogP contribution in [-0.2, 0) is 4.79 Å². The van der Waals surface area contributed by atoms with Crippen LogP contribution in [0.3, 0.4) is 0 Å². The molecule has 0 heterocycles. The first kappa shape index (κ1) is 11.9. The van der Waals surface area contributed by atoms with Crippen molar-refractivity contribution in [3.63, 3.8) is 0 Å². The highest BCUT2D eigenvalue weighted by Gasteiger charge is 2.25. The third-order valence-corrected chi connectivity index (χ3v) is 4.23. The van der Waals surface area contributed by atoms with Crippen LogP contribution in [0.25, 0.3) is 0 Å². The second-order valence-corrected chi connectivity index (χ2v) is 5.43. The molecule has 0 bridgehead atoms. The van der Waals surface area contributed by atoms with Crippen LogP contribution in [0.1, 0.15) is 51.4 Å². The van der Waals surface area contributed by atoms with E-state index in [-0.39, 0.29) is 5.91 Å². The molecular formula is C13H24N2O. The molecule has 0 saturated heterocycles. The molecule has 3 heteroatoms. The minimum Gasteiger partial charge on any atom is -0.356 e. The number of hydrogen-bond donors (Lipinski definition) is 2. The van der Waals surface area contributed by atoms with E-state index >= 15 is 0 Å². The maximum atomic E-state index is 11.8. The van der Waals surface area contributed by atoms with Crippen molar-refractivity contribution >= 4 is 5.91 Å². The number of carbonyl (C=O) groups is 1. The van der Waals surface area contributed by atoms with Crippen LogP contribution < -0.4 is 11.1 Å². The van der Waals surface area contributed by atoms with Gasteiger partial charge in [0.15, 0.2) is 0 Å². The van der Waals surface area contributed by atoms with Crippen molar-refractivity contribution in [2.24, 2.45) is 17.6 Å². The minimum absolute atomic E-state index is 0.273. The Morgan fingerprint density at radius 1 is 1.06 bits per heavy atom. The van der Waals surface area contributed by atoms with Gasteiger partial charge >= 0.3 is 0 Å². The third-order valence-electron chi connectivity index (χ3n) is 4.23. The molecule has 0 aliphatic heterocycles. The fourth-order valence-electron chi connectivity index (χ4n) is 3.05. The molecule has 3 nitrogen and oxygen atoms in total. The summed E-state index contributed by atoms with van der Waals surface area (Å²) in [5.74, 6) is 1.08. The van der Waals surface area contributed by atoms with E-state index in [9.17, 15) is 4.79 Å². The van der Waals surface area contributed by atoms with Crippen molar-refractivity contribution in [3.05, 3.63) is 0 Å². The van der Waals surface area contributed by atoms with E-state index in [0.29, 0.717) is 17.9 Å². The predicted molar refractivity (Wildman–Crippen MR) is 64.9 cm³/mol. The molecule has 0 aromatic rings. The Labute approximate surface area is 98.2 Å². The van der Waals surface area contributed by atoms with E-state index in [4.69, 9.17) is 5.73 Å². The predicted octanol–water partition coefficient (Wildman–Crippen LogP) is 1.81. The van der Waals surface area contributed by atoms with Crippen molar-refractivity contribution in [1.29, 1.82) is 0 Å². The topological polar surface area (TPSA) is 55.1 Å². The van der Waals surface area contributed by atoms with Gasteiger partial charge in [0, 0.05) is 18.5 Å². The van der Waals surface area contributed by atoms with Crippen LogP contribution in [0, 0.1) is 11.8 Å². The largest absolute Gasteiger partial charge is 0.356 e. The van der Waals surface area contributed by atoms with Crippen molar-refractivity contribution in [2.75, 3.05) is 6.54 Å².